The average Bonchev–Trinajstić information content (AvgIpc) is 2.85. The van der Waals surface area contributed by atoms with Gasteiger partial charge in [-0.3, -0.25) is 4.79 Å². The molecule has 0 spiro atoms. The summed E-state index contributed by atoms with van der Waals surface area (Å²) < 4.78 is 5.26. The van der Waals surface area contributed by atoms with E-state index < -0.39 is 0 Å². The summed E-state index contributed by atoms with van der Waals surface area (Å²) in [5.74, 6) is 0.562. The Bertz CT molecular complexity index is 626. The lowest BCUT2D eigenvalue weighted by molar-refractivity contribution is -0.117. The van der Waals surface area contributed by atoms with Crippen LogP contribution >= 0.6 is 0 Å². The van der Waals surface area contributed by atoms with E-state index in [4.69, 9.17) is 15.4 Å². The fourth-order valence-electron chi connectivity index (χ4n) is 1.75. The van der Waals surface area contributed by atoms with Gasteiger partial charge < -0.3 is 15.5 Å². The number of amides is 1. The van der Waals surface area contributed by atoms with Gasteiger partial charge in [0.2, 0.25) is 11.7 Å². The van der Waals surface area contributed by atoms with Gasteiger partial charge in [-0.25, -0.2) is 0 Å². The van der Waals surface area contributed by atoms with Crippen LogP contribution in [0.5, 0.6) is 0 Å². The standard InChI is InChI=1S/C14H13N3O2/c15-8-11-5-6-12(19-11)9-17-13-4-2-1-3-10(13)7-14(16)18/h1-6,17H,7,9H2,(H2,16,18). The molecule has 0 saturated carbocycles. The van der Waals surface area contributed by atoms with Crippen LogP contribution in [0.3, 0.4) is 0 Å². The SMILES string of the molecule is N#Cc1ccc(CNc2ccccc2CC(N)=O)o1. The molecule has 5 nitrogen and oxygen atoms in total. The number of hydrogen-bond donors (Lipinski definition) is 2. The lowest BCUT2D eigenvalue weighted by Gasteiger charge is -2.09. The molecule has 0 fully saturated rings. The number of anilines is 1. The van der Waals surface area contributed by atoms with Crippen molar-refractivity contribution in [2.24, 2.45) is 5.73 Å². The van der Waals surface area contributed by atoms with Gasteiger partial charge in [-0.2, -0.15) is 5.26 Å². The molecular formula is C14H13N3O2. The Morgan fingerprint density at radius 1 is 1.32 bits per heavy atom. The highest BCUT2D eigenvalue weighted by Gasteiger charge is 2.06. The zero-order chi connectivity index (χ0) is 13.7. The monoisotopic (exact) mass is 255 g/mol. The van der Waals surface area contributed by atoms with Gasteiger partial charge in [-0.1, -0.05) is 18.2 Å². The van der Waals surface area contributed by atoms with Crippen LogP contribution in [-0.2, 0) is 17.8 Å². The van der Waals surface area contributed by atoms with Crippen molar-refractivity contribution in [3.63, 3.8) is 0 Å². The van der Waals surface area contributed by atoms with Crippen molar-refractivity contribution in [2.75, 3.05) is 5.32 Å². The summed E-state index contributed by atoms with van der Waals surface area (Å²) in [6.07, 6.45) is 0.185. The number of nitrogens with zero attached hydrogens (tertiary/aromatic N) is 1. The number of hydrogen-bond acceptors (Lipinski definition) is 4. The molecule has 96 valence electrons. The largest absolute Gasteiger partial charge is 0.449 e. The predicted octanol–water partition coefficient (Wildman–Crippen LogP) is 1.79. The lowest BCUT2D eigenvalue weighted by atomic mass is 10.1. The zero-order valence-corrected chi connectivity index (χ0v) is 10.2. The summed E-state index contributed by atoms with van der Waals surface area (Å²) in [5.41, 5.74) is 6.87. The van der Waals surface area contributed by atoms with Gasteiger partial charge in [-0.05, 0) is 23.8 Å². The second-order valence-corrected chi connectivity index (χ2v) is 4.03. The van der Waals surface area contributed by atoms with E-state index in [9.17, 15) is 4.79 Å². The first-order valence-corrected chi connectivity index (χ1v) is 5.78. The normalized spacial score (nSPS) is 9.84. The molecule has 0 aliphatic carbocycles. The summed E-state index contributed by atoms with van der Waals surface area (Å²) in [6.45, 7) is 0.442. The van der Waals surface area contributed by atoms with Crippen molar-refractivity contribution in [1.29, 1.82) is 5.26 Å². The van der Waals surface area contributed by atoms with Crippen molar-refractivity contribution >= 4 is 11.6 Å². The number of nitriles is 1. The van der Waals surface area contributed by atoms with E-state index in [-0.39, 0.29) is 18.1 Å². The third kappa shape index (κ3) is 3.36. The molecule has 1 aromatic carbocycles. The molecular weight excluding hydrogens is 242 g/mol. The van der Waals surface area contributed by atoms with Crippen LogP contribution in [0.25, 0.3) is 0 Å². The number of carbonyl (C=O) groups is 1. The van der Waals surface area contributed by atoms with Gasteiger partial charge in [0.1, 0.15) is 11.8 Å². The Morgan fingerprint density at radius 2 is 2.11 bits per heavy atom. The van der Waals surface area contributed by atoms with Crippen LogP contribution in [-0.4, -0.2) is 5.91 Å². The van der Waals surface area contributed by atoms with Crippen molar-refractivity contribution in [1.82, 2.24) is 0 Å². The molecule has 1 amide bonds. The first kappa shape index (κ1) is 12.7. The molecule has 3 N–H and O–H groups in total. The van der Waals surface area contributed by atoms with Crippen LogP contribution in [0.1, 0.15) is 17.1 Å². The Morgan fingerprint density at radius 3 is 2.79 bits per heavy atom. The molecule has 0 unspecified atom stereocenters. The highest BCUT2D eigenvalue weighted by molar-refractivity contribution is 5.78. The maximum Gasteiger partial charge on any atom is 0.221 e. The van der Waals surface area contributed by atoms with Crippen molar-refractivity contribution < 1.29 is 9.21 Å². The number of rotatable bonds is 5. The molecule has 0 saturated heterocycles. The minimum Gasteiger partial charge on any atom is -0.449 e. The number of primary amides is 1. The summed E-state index contributed by atoms with van der Waals surface area (Å²) in [6, 6.07) is 12.7. The number of nitrogens with one attached hydrogen (secondary N) is 1. The minimum atomic E-state index is -0.376. The lowest BCUT2D eigenvalue weighted by Crippen LogP contribution is -2.15. The van der Waals surface area contributed by atoms with Crippen molar-refractivity contribution in [2.45, 2.75) is 13.0 Å². The fourth-order valence-corrected chi connectivity index (χ4v) is 1.75. The second-order valence-electron chi connectivity index (χ2n) is 4.03. The molecule has 2 rings (SSSR count). The minimum absolute atomic E-state index is 0.185. The maximum atomic E-state index is 11.0. The molecule has 0 aliphatic heterocycles. The highest BCUT2D eigenvalue weighted by atomic mass is 16.3. The molecule has 1 heterocycles. The van der Waals surface area contributed by atoms with E-state index in [1.54, 1.807) is 12.1 Å². The highest BCUT2D eigenvalue weighted by Crippen LogP contribution is 2.17. The van der Waals surface area contributed by atoms with Crippen molar-refractivity contribution in [3.05, 3.63) is 53.5 Å². The third-order valence-corrected chi connectivity index (χ3v) is 2.61. The third-order valence-electron chi connectivity index (χ3n) is 2.61. The van der Waals surface area contributed by atoms with E-state index in [0.29, 0.717) is 12.3 Å². The quantitative estimate of drug-likeness (QED) is 0.851. The van der Waals surface area contributed by atoms with Crippen molar-refractivity contribution in [3.8, 4) is 6.07 Å². The Balaban J connectivity index is 2.07. The number of para-hydroxylation sites is 1. The first-order chi connectivity index (χ1) is 9.19. The van der Waals surface area contributed by atoms with E-state index in [1.807, 2.05) is 30.3 Å². The molecule has 0 atom stereocenters. The van der Waals surface area contributed by atoms with Crippen LogP contribution in [0, 0.1) is 11.3 Å². The van der Waals surface area contributed by atoms with Gasteiger partial charge >= 0.3 is 0 Å². The maximum absolute atomic E-state index is 11.0. The molecule has 2 aromatic rings. The predicted molar refractivity (Wildman–Crippen MR) is 70.1 cm³/mol. The smallest absolute Gasteiger partial charge is 0.221 e. The van der Waals surface area contributed by atoms with Gasteiger partial charge in [0.25, 0.3) is 0 Å². The Hall–Kier alpha value is -2.74. The molecule has 1 aromatic heterocycles. The van der Waals surface area contributed by atoms with E-state index >= 15 is 0 Å². The number of benzene rings is 1. The second kappa shape index (κ2) is 5.74. The topological polar surface area (TPSA) is 92.0 Å². The Kier molecular flexibility index (Phi) is 3.84. The van der Waals surface area contributed by atoms with Gasteiger partial charge in [0.05, 0.1) is 13.0 Å². The summed E-state index contributed by atoms with van der Waals surface area (Å²) in [4.78, 5) is 11.0. The Labute approximate surface area is 110 Å². The fraction of sp³-hybridized carbons (Fsp3) is 0.143. The first-order valence-electron chi connectivity index (χ1n) is 5.78. The number of nitrogens with two attached hydrogens (primary N) is 1. The molecule has 19 heavy (non-hydrogen) atoms. The van der Waals surface area contributed by atoms with E-state index in [1.165, 1.54) is 0 Å². The average molecular weight is 255 g/mol. The summed E-state index contributed by atoms with van der Waals surface area (Å²) >= 11 is 0. The molecule has 0 bridgehead atoms. The summed E-state index contributed by atoms with van der Waals surface area (Å²) in [7, 11) is 0. The van der Waals surface area contributed by atoms with Gasteiger partial charge in [0.15, 0.2) is 0 Å². The molecule has 0 radical (unpaired) electrons. The zero-order valence-electron chi connectivity index (χ0n) is 10.2. The van der Waals surface area contributed by atoms with Crippen LogP contribution in [0.15, 0.2) is 40.8 Å². The summed E-state index contributed by atoms with van der Waals surface area (Å²) in [5, 5.41) is 11.8. The van der Waals surface area contributed by atoms with Gasteiger partial charge in [-0.15, -0.1) is 0 Å². The molecule has 0 aliphatic rings. The number of carbonyl (C=O) groups excluding carboxylic acids is 1. The number of furan rings is 1. The van der Waals surface area contributed by atoms with E-state index in [2.05, 4.69) is 5.32 Å². The van der Waals surface area contributed by atoms with Crippen LogP contribution < -0.4 is 11.1 Å². The van der Waals surface area contributed by atoms with E-state index in [0.717, 1.165) is 11.3 Å². The molecule has 5 heteroatoms. The van der Waals surface area contributed by atoms with Crippen LogP contribution in [0.4, 0.5) is 5.69 Å². The van der Waals surface area contributed by atoms with Crippen LogP contribution in [0.2, 0.25) is 0 Å². The van der Waals surface area contributed by atoms with Gasteiger partial charge in [0, 0.05) is 5.69 Å².